The van der Waals surface area contributed by atoms with Crippen molar-refractivity contribution in [2.75, 3.05) is 24.7 Å². The average Bonchev–Trinajstić information content (AvgIpc) is 2.78. The molecular formula is C24H33NO3S. The van der Waals surface area contributed by atoms with Gasteiger partial charge in [-0.05, 0) is 42.2 Å². The maximum absolute atomic E-state index is 13.5. The minimum atomic E-state index is -3.52. The van der Waals surface area contributed by atoms with Crippen LogP contribution in [0.25, 0.3) is 0 Å². The number of aliphatic hydroxyl groups excluding tert-OH is 1. The van der Waals surface area contributed by atoms with Crippen LogP contribution in [0.15, 0.2) is 53.4 Å². The second kappa shape index (κ2) is 8.49. The maximum Gasteiger partial charge on any atom is 0.179 e. The minimum Gasteiger partial charge on any atom is -0.392 e. The zero-order valence-electron chi connectivity index (χ0n) is 17.9. The number of hydrogen-bond acceptors (Lipinski definition) is 4. The highest BCUT2D eigenvalue weighted by molar-refractivity contribution is 7.91. The van der Waals surface area contributed by atoms with Crippen molar-refractivity contribution in [2.24, 2.45) is 5.41 Å². The molecule has 2 aromatic rings. The van der Waals surface area contributed by atoms with Crippen LogP contribution in [0.2, 0.25) is 0 Å². The average molecular weight is 416 g/mol. The fraction of sp³-hybridized carbons (Fsp3) is 0.500. The molecule has 158 valence electrons. The normalized spacial score (nSPS) is 25.8. The number of sulfone groups is 1. The van der Waals surface area contributed by atoms with Gasteiger partial charge in [0.2, 0.25) is 0 Å². The van der Waals surface area contributed by atoms with Crippen LogP contribution in [0.4, 0.5) is 5.69 Å². The second-order valence-corrected chi connectivity index (χ2v) is 10.5. The summed E-state index contributed by atoms with van der Waals surface area (Å²) in [6, 6.07) is 15.4. The van der Waals surface area contributed by atoms with E-state index in [0.717, 1.165) is 24.1 Å². The number of hydrogen-bond donors (Lipinski definition) is 1. The third-order valence-electron chi connectivity index (χ3n) is 6.49. The first-order valence-electron chi connectivity index (χ1n) is 10.5. The second-order valence-electron chi connectivity index (χ2n) is 8.53. The van der Waals surface area contributed by atoms with Crippen LogP contribution >= 0.6 is 0 Å². The fourth-order valence-corrected chi connectivity index (χ4v) is 6.92. The first-order chi connectivity index (χ1) is 13.8. The molecule has 0 amide bonds. The van der Waals surface area contributed by atoms with Gasteiger partial charge in [-0.1, -0.05) is 57.0 Å². The molecule has 1 aliphatic rings. The van der Waals surface area contributed by atoms with Crippen molar-refractivity contribution in [3.05, 3.63) is 59.7 Å². The van der Waals surface area contributed by atoms with Gasteiger partial charge in [0, 0.05) is 31.1 Å². The van der Waals surface area contributed by atoms with E-state index in [1.54, 1.807) is 6.07 Å². The van der Waals surface area contributed by atoms with Crippen LogP contribution in [-0.2, 0) is 9.84 Å². The Morgan fingerprint density at radius 3 is 2.38 bits per heavy atom. The van der Waals surface area contributed by atoms with Gasteiger partial charge >= 0.3 is 0 Å². The first kappa shape index (κ1) is 21.8. The third-order valence-corrected chi connectivity index (χ3v) is 8.49. The van der Waals surface area contributed by atoms with Gasteiger partial charge in [0.25, 0.3) is 0 Å². The van der Waals surface area contributed by atoms with Crippen LogP contribution in [0, 0.1) is 5.41 Å². The number of fused-ring (bicyclic) bond motifs is 1. The van der Waals surface area contributed by atoms with Crippen molar-refractivity contribution in [1.29, 1.82) is 0 Å². The SMILES string of the molecule is CCCC[C@]1(CC)CS(=O)(=O)c2ccc(N(C)C)cc2[C@@H](c2ccccc2)[C@H]1O. The van der Waals surface area contributed by atoms with Crippen molar-refractivity contribution in [3.8, 4) is 0 Å². The molecule has 0 aromatic heterocycles. The highest BCUT2D eigenvalue weighted by atomic mass is 32.2. The Bertz CT molecular complexity index is 940. The molecule has 1 aliphatic heterocycles. The van der Waals surface area contributed by atoms with E-state index in [4.69, 9.17) is 0 Å². The van der Waals surface area contributed by atoms with Crippen LogP contribution in [-0.4, -0.2) is 39.5 Å². The Morgan fingerprint density at radius 1 is 1.10 bits per heavy atom. The summed E-state index contributed by atoms with van der Waals surface area (Å²) in [4.78, 5) is 2.33. The van der Waals surface area contributed by atoms with Gasteiger partial charge in [0.15, 0.2) is 9.84 Å². The van der Waals surface area contributed by atoms with Gasteiger partial charge in [0.1, 0.15) is 0 Å². The quantitative estimate of drug-likeness (QED) is 0.748. The standard InChI is InChI=1S/C24H33NO3S/c1-5-7-15-24(6-2)17-29(27,28)21-14-13-19(25(3)4)16-20(21)22(23(24)26)18-11-9-8-10-12-18/h8-14,16,22-23,26H,5-7,15,17H2,1-4H3/t22-,23-,24-/m1/s1. The molecule has 0 unspecified atom stereocenters. The summed E-state index contributed by atoms with van der Waals surface area (Å²) in [6.45, 7) is 4.12. The minimum absolute atomic E-state index is 0.00465. The van der Waals surface area contributed by atoms with Gasteiger partial charge in [-0.2, -0.15) is 0 Å². The van der Waals surface area contributed by atoms with Crippen LogP contribution in [0.3, 0.4) is 0 Å². The topological polar surface area (TPSA) is 57.6 Å². The fourth-order valence-electron chi connectivity index (χ4n) is 4.66. The van der Waals surface area contributed by atoms with Crippen molar-refractivity contribution in [1.82, 2.24) is 0 Å². The predicted molar refractivity (Wildman–Crippen MR) is 119 cm³/mol. The van der Waals surface area contributed by atoms with E-state index in [9.17, 15) is 13.5 Å². The van der Waals surface area contributed by atoms with Gasteiger partial charge in [-0.15, -0.1) is 0 Å². The predicted octanol–water partition coefficient (Wildman–Crippen LogP) is 4.62. The number of unbranched alkanes of at least 4 members (excludes halogenated alkanes) is 1. The molecule has 3 rings (SSSR count). The molecule has 3 atom stereocenters. The van der Waals surface area contributed by atoms with Crippen LogP contribution in [0.5, 0.6) is 0 Å². The van der Waals surface area contributed by atoms with Crippen LogP contribution < -0.4 is 4.90 Å². The molecule has 0 saturated heterocycles. The summed E-state index contributed by atoms with van der Waals surface area (Å²) < 4.78 is 27.0. The maximum atomic E-state index is 13.5. The van der Waals surface area contributed by atoms with Crippen molar-refractivity contribution >= 4 is 15.5 Å². The van der Waals surface area contributed by atoms with Crippen LogP contribution in [0.1, 0.15) is 56.6 Å². The summed E-state index contributed by atoms with van der Waals surface area (Å²) in [7, 11) is 0.362. The highest BCUT2D eigenvalue weighted by Crippen LogP contribution is 2.49. The van der Waals surface area contributed by atoms with E-state index in [2.05, 4.69) is 6.92 Å². The third kappa shape index (κ3) is 4.08. The van der Waals surface area contributed by atoms with Crippen molar-refractivity contribution < 1.29 is 13.5 Å². The van der Waals surface area contributed by atoms with Crippen molar-refractivity contribution in [3.63, 3.8) is 0 Å². The monoisotopic (exact) mass is 415 g/mol. The molecule has 2 aromatic carbocycles. The lowest BCUT2D eigenvalue weighted by Gasteiger charge is -2.39. The number of nitrogens with zero attached hydrogens (tertiary/aromatic N) is 1. The van der Waals surface area contributed by atoms with E-state index in [0.29, 0.717) is 23.3 Å². The largest absolute Gasteiger partial charge is 0.392 e. The molecule has 1 heterocycles. The van der Waals surface area contributed by atoms with E-state index < -0.39 is 21.4 Å². The van der Waals surface area contributed by atoms with Gasteiger partial charge in [-0.25, -0.2) is 8.42 Å². The number of anilines is 1. The van der Waals surface area contributed by atoms with Gasteiger partial charge < -0.3 is 10.0 Å². The van der Waals surface area contributed by atoms with E-state index in [1.807, 2.05) is 68.4 Å². The molecular weight excluding hydrogens is 382 g/mol. The first-order valence-corrected chi connectivity index (χ1v) is 12.2. The number of aliphatic hydroxyl groups is 1. The summed E-state index contributed by atoms with van der Waals surface area (Å²) in [5.74, 6) is -0.379. The molecule has 5 heteroatoms. The van der Waals surface area contributed by atoms with Gasteiger partial charge in [-0.3, -0.25) is 0 Å². The van der Waals surface area contributed by atoms with E-state index in [-0.39, 0.29) is 11.7 Å². The molecule has 0 aliphatic carbocycles. The summed E-state index contributed by atoms with van der Waals surface area (Å²) in [5.41, 5.74) is 1.95. The Kier molecular flexibility index (Phi) is 6.39. The molecule has 0 radical (unpaired) electrons. The lowest BCUT2D eigenvalue weighted by Crippen LogP contribution is -2.42. The smallest absolute Gasteiger partial charge is 0.179 e. The lowest BCUT2D eigenvalue weighted by molar-refractivity contribution is 0.0174. The van der Waals surface area contributed by atoms with Gasteiger partial charge in [0.05, 0.1) is 16.8 Å². The number of benzene rings is 2. The zero-order chi connectivity index (χ0) is 21.2. The lowest BCUT2D eigenvalue weighted by atomic mass is 9.69. The molecule has 1 N–H and O–H groups in total. The summed E-state index contributed by atoms with van der Waals surface area (Å²) in [6.07, 6.45) is 2.45. The Hall–Kier alpha value is -1.85. The Labute approximate surface area is 175 Å². The summed E-state index contributed by atoms with van der Waals surface area (Å²) >= 11 is 0. The van der Waals surface area contributed by atoms with E-state index in [1.165, 1.54) is 0 Å². The Balaban J connectivity index is 2.30. The molecule has 0 saturated carbocycles. The molecule has 29 heavy (non-hydrogen) atoms. The molecule has 0 bridgehead atoms. The number of rotatable bonds is 6. The zero-order valence-corrected chi connectivity index (χ0v) is 18.7. The van der Waals surface area contributed by atoms with Crippen molar-refractivity contribution in [2.45, 2.75) is 56.4 Å². The molecule has 0 spiro atoms. The molecule has 4 nitrogen and oxygen atoms in total. The molecule has 0 fully saturated rings. The highest BCUT2D eigenvalue weighted by Gasteiger charge is 2.48. The van der Waals surface area contributed by atoms with E-state index >= 15 is 0 Å². The summed E-state index contributed by atoms with van der Waals surface area (Å²) in [5, 5.41) is 11.8. The Morgan fingerprint density at radius 2 is 1.79 bits per heavy atom.